The molecule has 0 atom stereocenters. The zero-order chi connectivity index (χ0) is 19.9. The number of halogens is 3. The van der Waals surface area contributed by atoms with Crippen LogP contribution in [-0.4, -0.2) is 6.54 Å². The lowest BCUT2D eigenvalue weighted by atomic mass is 10.1. The lowest BCUT2D eigenvalue weighted by molar-refractivity contribution is 0.302. The van der Waals surface area contributed by atoms with E-state index in [-0.39, 0.29) is 0 Å². The molecule has 0 aromatic heterocycles. The highest BCUT2D eigenvalue weighted by Gasteiger charge is 2.07. The van der Waals surface area contributed by atoms with E-state index in [4.69, 9.17) is 27.9 Å². The van der Waals surface area contributed by atoms with Crippen LogP contribution < -0.4 is 10.1 Å². The molecular weight excluding hydrogens is 457 g/mol. The molecule has 3 rings (SSSR count). The first kappa shape index (κ1) is 21.2. The highest BCUT2D eigenvalue weighted by Crippen LogP contribution is 2.25. The van der Waals surface area contributed by atoms with E-state index in [9.17, 15) is 0 Å². The first-order valence-corrected chi connectivity index (χ1v) is 10.7. The Labute approximate surface area is 185 Å². The summed E-state index contributed by atoms with van der Waals surface area (Å²) in [7, 11) is 0. The molecule has 3 aromatic carbocycles. The van der Waals surface area contributed by atoms with Crippen molar-refractivity contribution in [3.8, 4) is 5.75 Å². The molecule has 1 N–H and O–H groups in total. The summed E-state index contributed by atoms with van der Waals surface area (Å²) < 4.78 is 7.12. The molecule has 28 heavy (non-hydrogen) atoms. The summed E-state index contributed by atoms with van der Waals surface area (Å²) in [4.78, 5) is 0. The highest BCUT2D eigenvalue weighted by molar-refractivity contribution is 9.10. The van der Waals surface area contributed by atoms with Gasteiger partial charge in [-0.1, -0.05) is 75.0 Å². The quantitative estimate of drug-likeness (QED) is 0.352. The smallest absolute Gasteiger partial charge is 0.124 e. The summed E-state index contributed by atoms with van der Waals surface area (Å²) in [5.41, 5.74) is 4.60. The Bertz CT molecular complexity index is 946. The van der Waals surface area contributed by atoms with Crippen LogP contribution in [0, 0.1) is 6.92 Å². The number of hydrogen-bond donors (Lipinski definition) is 1. The monoisotopic (exact) mass is 477 g/mol. The SMILES string of the molecule is Cc1cccc(COc2ccc(Br)cc2CNCCc2ccc(Cl)cc2Cl)c1. The van der Waals surface area contributed by atoms with E-state index in [1.54, 1.807) is 6.07 Å². The summed E-state index contributed by atoms with van der Waals surface area (Å²) in [5, 5.41) is 4.84. The number of rotatable bonds is 8. The van der Waals surface area contributed by atoms with E-state index in [2.05, 4.69) is 58.5 Å². The molecule has 0 radical (unpaired) electrons. The van der Waals surface area contributed by atoms with Gasteiger partial charge in [0.1, 0.15) is 12.4 Å². The van der Waals surface area contributed by atoms with E-state index >= 15 is 0 Å². The van der Waals surface area contributed by atoms with Crippen LogP contribution in [-0.2, 0) is 19.6 Å². The van der Waals surface area contributed by atoms with Gasteiger partial charge in [-0.2, -0.15) is 0 Å². The lowest BCUT2D eigenvalue weighted by Crippen LogP contribution is -2.17. The summed E-state index contributed by atoms with van der Waals surface area (Å²) in [5.74, 6) is 0.890. The molecule has 0 saturated carbocycles. The average Bonchev–Trinajstić information content (AvgIpc) is 2.66. The maximum absolute atomic E-state index is 6.24. The Kier molecular flexibility index (Phi) is 7.81. The van der Waals surface area contributed by atoms with Gasteiger partial charge in [0, 0.05) is 26.6 Å². The maximum atomic E-state index is 6.24. The van der Waals surface area contributed by atoms with Crippen LogP contribution in [0.25, 0.3) is 0 Å². The van der Waals surface area contributed by atoms with Gasteiger partial charge in [0.2, 0.25) is 0 Å². The summed E-state index contributed by atoms with van der Waals surface area (Å²) in [6.45, 7) is 4.17. The Balaban J connectivity index is 1.57. The molecule has 2 nitrogen and oxygen atoms in total. The van der Waals surface area contributed by atoms with Crippen LogP contribution >= 0.6 is 39.1 Å². The summed E-state index contributed by atoms with van der Waals surface area (Å²) >= 11 is 15.7. The van der Waals surface area contributed by atoms with Crippen molar-refractivity contribution in [2.24, 2.45) is 0 Å². The second kappa shape index (κ2) is 10.3. The van der Waals surface area contributed by atoms with E-state index < -0.39 is 0 Å². The van der Waals surface area contributed by atoms with Crippen molar-refractivity contribution in [1.82, 2.24) is 5.32 Å². The molecule has 0 amide bonds. The fourth-order valence-electron chi connectivity index (χ4n) is 2.96. The highest BCUT2D eigenvalue weighted by atomic mass is 79.9. The predicted octanol–water partition coefficient (Wildman–Crippen LogP) is 6.98. The van der Waals surface area contributed by atoms with Gasteiger partial charge in [-0.3, -0.25) is 0 Å². The van der Waals surface area contributed by atoms with Crippen molar-refractivity contribution in [3.63, 3.8) is 0 Å². The fourth-order valence-corrected chi connectivity index (χ4v) is 3.87. The van der Waals surface area contributed by atoms with Gasteiger partial charge in [0.25, 0.3) is 0 Å². The normalized spacial score (nSPS) is 10.9. The van der Waals surface area contributed by atoms with Crippen LogP contribution in [0.2, 0.25) is 10.0 Å². The minimum absolute atomic E-state index is 0.552. The van der Waals surface area contributed by atoms with Crippen molar-refractivity contribution in [2.75, 3.05) is 6.54 Å². The first-order valence-electron chi connectivity index (χ1n) is 9.12. The van der Waals surface area contributed by atoms with Crippen molar-refractivity contribution < 1.29 is 4.74 Å². The van der Waals surface area contributed by atoms with Crippen LogP contribution in [0.15, 0.2) is 65.1 Å². The summed E-state index contributed by atoms with van der Waals surface area (Å²) in [6.07, 6.45) is 0.837. The molecular formula is C23H22BrCl2NO. The molecule has 5 heteroatoms. The topological polar surface area (TPSA) is 21.3 Å². The Morgan fingerprint density at radius 1 is 0.964 bits per heavy atom. The molecule has 0 aliphatic rings. The largest absolute Gasteiger partial charge is 0.489 e. The van der Waals surface area contributed by atoms with Gasteiger partial charge in [0.15, 0.2) is 0 Å². The van der Waals surface area contributed by atoms with Crippen molar-refractivity contribution >= 4 is 39.1 Å². The van der Waals surface area contributed by atoms with Gasteiger partial charge in [-0.15, -0.1) is 0 Å². The third-order valence-corrected chi connectivity index (χ3v) is 5.48. The van der Waals surface area contributed by atoms with Crippen LogP contribution in [0.4, 0.5) is 0 Å². The Hall–Kier alpha value is -1.52. The molecule has 0 aliphatic heterocycles. The van der Waals surface area contributed by atoms with Gasteiger partial charge < -0.3 is 10.1 Å². The van der Waals surface area contributed by atoms with E-state index in [0.717, 1.165) is 34.3 Å². The number of aryl methyl sites for hydroxylation is 1. The van der Waals surface area contributed by atoms with Crippen molar-refractivity contribution in [1.29, 1.82) is 0 Å². The number of benzene rings is 3. The van der Waals surface area contributed by atoms with Crippen molar-refractivity contribution in [2.45, 2.75) is 26.5 Å². The molecule has 0 fully saturated rings. The molecule has 0 aliphatic carbocycles. The van der Waals surface area contributed by atoms with Crippen LogP contribution in [0.5, 0.6) is 5.75 Å². The van der Waals surface area contributed by atoms with E-state index in [1.165, 1.54) is 11.1 Å². The second-order valence-electron chi connectivity index (χ2n) is 6.69. The predicted molar refractivity (Wildman–Crippen MR) is 122 cm³/mol. The van der Waals surface area contributed by atoms with Gasteiger partial charge >= 0.3 is 0 Å². The number of ether oxygens (including phenoxy) is 1. The van der Waals surface area contributed by atoms with Gasteiger partial charge in [-0.05, 0) is 61.3 Å². The molecule has 0 spiro atoms. The maximum Gasteiger partial charge on any atom is 0.124 e. The molecule has 0 unspecified atom stereocenters. The zero-order valence-corrected chi connectivity index (χ0v) is 18.7. The summed E-state index contributed by atoms with van der Waals surface area (Å²) in [6, 6.07) is 20.1. The van der Waals surface area contributed by atoms with E-state index in [0.29, 0.717) is 23.2 Å². The van der Waals surface area contributed by atoms with Gasteiger partial charge in [-0.25, -0.2) is 0 Å². The third kappa shape index (κ3) is 6.25. The first-order chi connectivity index (χ1) is 13.5. The molecule has 0 heterocycles. The molecule has 0 saturated heterocycles. The number of hydrogen-bond acceptors (Lipinski definition) is 2. The van der Waals surface area contributed by atoms with Crippen molar-refractivity contribution in [3.05, 3.63) is 97.4 Å². The Morgan fingerprint density at radius 2 is 1.82 bits per heavy atom. The Morgan fingerprint density at radius 3 is 2.61 bits per heavy atom. The minimum atomic E-state index is 0.552. The minimum Gasteiger partial charge on any atom is -0.489 e. The third-order valence-electron chi connectivity index (χ3n) is 4.40. The number of nitrogens with one attached hydrogen (secondary N) is 1. The van der Waals surface area contributed by atoms with E-state index in [1.807, 2.05) is 24.3 Å². The standard InChI is InChI=1S/C23H22BrCl2NO/c1-16-3-2-4-17(11-16)15-28-23-8-6-20(24)12-19(23)14-27-10-9-18-5-7-21(25)13-22(18)26/h2-8,11-13,27H,9-10,14-15H2,1H3. The molecule has 3 aromatic rings. The lowest BCUT2D eigenvalue weighted by Gasteiger charge is -2.13. The zero-order valence-electron chi connectivity index (χ0n) is 15.6. The van der Waals surface area contributed by atoms with Gasteiger partial charge in [0.05, 0.1) is 0 Å². The molecule has 146 valence electrons. The fraction of sp³-hybridized carbons (Fsp3) is 0.217. The molecule has 0 bridgehead atoms. The second-order valence-corrected chi connectivity index (χ2v) is 8.45. The van der Waals surface area contributed by atoms with Crippen LogP contribution in [0.1, 0.15) is 22.3 Å². The van der Waals surface area contributed by atoms with Crippen LogP contribution in [0.3, 0.4) is 0 Å². The average molecular weight is 479 g/mol.